The molecule has 1 heterocycles. The van der Waals surface area contributed by atoms with Crippen LogP contribution < -0.4 is 5.73 Å². The highest BCUT2D eigenvalue weighted by Gasteiger charge is 2.17. The van der Waals surface area contributed by atoms with Crippen LogP contribution in [0.15, 0.2) is 6.20 Å². The van der Waals surface area contributed by atoms with Crippen molar-refractivity contribution in [1.82, 2.24) is 4.98 Å². The van der Waals surface area contributed by atoms with Gasteiger partial charge in [0.2, 0.25) is 0 Å². The summed E-state index contributed by atoms with van der Waals surface area (Å²) < 4.78 is 12.1. The molecule has 0 saturated heterocycles. The third-order valence-corrected chi connectivity index (χ3v) is 2.82. The topological polar surface area (TPSA) is 38.9 Å². The molecule has 14 heavy (non-hydrogen) atoms. The first-order chi connectivity index (χ1) is 6.57. The first kappa shape index (κ1) is 12.0. The summed E-state index contributed by atoms with van der Waals surface area (Å²) in [6, 6.07) is -0.555. The number of hydrogen-bond donors (Lipinski definition) is 1. The van der Waals surface area contributed by atoms with Crippen molar-refractivity contribution in [3.8, 4) is 0 Å². The maximum atomic E-state index is 12.1. The molecule has 1 atom stereocenters. The van der Waals surface area contributed by atoms with Crippen LogP contribution in [0.2, 0.25) is 15.2 Å². The van der Waals surface area contributed by atoms with Crippen molar-refractivity contribution >= 4 is 34.8 Å². The standard InChI is InChI=1S/C8H8Cl3FN2/c9-4-3-14-8(11)7(10)6(4)5(13)1-2-12/h3,5H,1-2,13H2/t5-/m0/s1. The lowest BCUT2D eigenvalue weighted by Gasteiger charge is -2.13. The van der Waals surface area contributed by atoms with Crippen molar-refractivity contribution in [1.29, 1.82) is 0 Å². The van der Waals surface area contributed by atoms with E-state index < -0.39 is 12.7 Å². The van der Waals surface area contributed by atoms with E-state index in [2.05, 4.69) is 4.98 Å². The van der Waals surface area contributed by atoms with E-state index in [9.17, 15) is 4.39 Å². The Bertz CT molecular complexity index is 333. The maximum absolute atomic E-state index is 12.1. The number of aromatic nitrogens is 1. The van der Waals surface area contributed by atoms with Gasteiger partial charge in [0.05, 0.1) is 16.7 Å². The Morgan fingerprint density at radius 2 is 2.07 bits per heavy atom. The van der Waals surface area contributed by atoms with Crippen molar-refractivity contribution < 1.29 is 4.39 Å². The molecule has 1 aromatic heterocycles. The van der Waals surface area contributed by atoms with E-state index in [1.54, 1.807) is 0 Å². The molecule has 0 amide bonds. The van der Waals surface area contributed by atoms with Gasteiger partial charge < -0.3 is 5.73 Å². The zero-order valence-electron chi connectivity index (χ0n) is 7.11. The van der Waals surface area contributed by atoms with Crippen LogP contribution in [0.4, 0.5) is 4.39 Å². The van der Waals surface area contributed by atoms with Gasteiger partial charge in [-0.3, -0.25) is 4.39 Å². The lowest BCUT2D eigenvalue weighted by Crippen LogP contribution is -2.12. The SMILES string of the molecule is N[C@@H](CCF)c1c(Cl)cnc(Cl)c1Cl. The van der Waals surface area contributed by atoms with Crippen LogP contribution in [0.25, 0.3) is 0 Å². The van der Waals surface area contributed by atoms with Gasteiger partial charge in [-0.2, -0.15) is 0 Å². The minimum Gasteiger partial charge on any atom is -0.324 e. The van der Waals surface area contributed by atoms with Gasteiger partial charge in [0, 0.05) is 17.8 Å². The van der Waals surface area contributed by atoms with E-state index in [0.29, 0.717) is 10.6 Å². The second-order valence-electron chi connectivity index (χ2n) is 2.71. The van der Waals surface area contributed by atoms with Gasteiger partial charge in [-0.1, -0.05) is 34.8 Å². The van der Waals surface area contributed by atoms with Crippen LogP contribution in [-0.4, -0.2) is 11.7 Å². The van der Waals surface area contributed by atoms with Crippen LogP contribution in [0, 0.1) is 0 Å². The quantitative estimate of drug-likeness (QED) is 0.843. The lowest BCUT2D eigenvalue weighted by molar-refractivity contribution is 0.442. The minimum absolute atomic E-state index is 0.125. The van der Waals surface area contributed by atoms with Gasteiger partial charge in [0.25, 0.3) is 0 Å². The second-order valence-corrected chi connectivity index (χ2v) is 3.85. The predicted octanol–water partition coefficient (Wildman–Crippen LogP) is 3.40. The Hall–Kier alpha value is -0.0900. The smallest absolute Gasteiger partial charge is 0.148 e. The number of hydrogen-bond acceptors (Lipinski definition) is 2. The zero-order valence-corrected chi connectivity index (χ0v) is 9.37. The van der Waals surface area contributed by atoms with Crippen LogP contribution in [0.5, 0.6) is 0 Å². The third-order valence-electron chi connectivity index (χ3n) is 1.76. The first-order valence-electron chi connectivity index (χ1n) is 3.88. The molecule has 0 unspecified atom stereocenters. The fourth-order valence-electron chi connectivity index (χ4n) is 1.06. The normalized spacial score (nSPS) is 12.9. The first-order valence-corrected chi connectivity index (χ1v) is 5.02. The van der Waals surface area contributed by atoms with Crippen LogP contribution in [0.3, 0.4) is 0 Å². The molecular formula is C8H8Cl3FN2. The largest absolute Gasteiger partial charge is 0.324 e. The average Bonchev–Trinajstić information content (AvgIpc) is 2.13. The summed E-state index contributed by atoms with van der Waals surface area (Å²) in [5.41, 5.74) is 6.13. The lowest BCUT2D eigenvalue weighted by atomic mass is 10.1. The Balaban J connectivity index is 3.11. The van der Waals surface area contributed by atoms with Crippen molar-refractivity contribution in [3.63, 3.8) is 0 Å². The molecule has 0 saturated carbocycles. The predicted molar refractivity (Wildman–Crippen MR) is 56.8 cm³/mol. The molecule has 78 valence electrons. The summed E-state index contributed by atoms with van der Waals surface area (Å²) in [5, 5.41) is 0.626. The molecule has 0 aliphatic carbocycles. The third kappa shape index (κ3) is 2.48. The van der Waals surface area contributed by atoms with E-state index in [1.807, 2.05) is 0 Å². The Morgan fingerprint density at radius 1 is 1.43 bits per heavy atom. The Kier molecular flexibility index (Phi) is 4.38. The number of nitrogens with zero attached hydrogens (tertiary/aromatic N) is 1. The van der Waals surface area contributed by atoms with Gasteiger partial charge >= 0.3 is 0 Å². The number of nitrogens with two attached hydrogens (primary N) is 1. The molecule has 0 fully saturated rings. The number of alkyl halides is 1. The fraction of sp³-hybridized carbons (Fsp3) is 0.375. The maximum Gasteiger partial charge on any atom is 0.148 e. The van der Waals surface area contributed by atoms with Crippen molar-refractivity contribution in [3.05, 3.63) is 27.0 Å². The highest BCUT2D eigenvalue weighted by Crippen LogP contribution is 2.34. The number of pyridine rings is 1. The fourth-order valence-corrected chi connectivity index (χ4v) is 1.83. The monoisotopic (exact) mass is 256 g/mol. The molecule has 0 spiro atoms. The number of halogens is 4. The average molecular weight is 258 g/mol. The van der Waals surface area contributed by atoms with E-state index in [1.165, 1.54) is 6.20 Å². The molecule has 0 aromatic carbocycles. The van der Waals surface area contributed by atoms with E-state index in [4.69, 9.17) is 40.5 Å². The molecule has 0 bridgehead atoms. The summed E-state index contributed by atoms with van der Waals surface area (Å²) in [7, 11) is 0. The summed E-state index contributed by atoms with van der Waals surface area (Å²) in [6.07, 6.45) is 1.50. The van der Waals surface area contributed by atoms with Crippen molar-refractivity contribution in [2.75, 3.05) is 6.67 Å². The molecule has 0 aliphatic rings. The van der Waals surface area contributed by atoms with Crippen LogP contribution in [0.1, 0.15) is 18.0 Å². The second kappa shape index (κ2) is 5.12. The van der Waals surface area contributed by atoms with Crippen LogP contribution >= 0.6 is 34.8 Å². The molecule has 6 heteroatoms. The summed E-state index contributed by atoms with van der Waals surface area (Å²) in [5.74, 6) is 0. The molecule has 0 radical (unpaired) electrons. The Morgan fingerprint density at radius 3 is 2.64 bits per heavy atom. The van der Waals surface area contributed by atoms with Gasteiger partial charge in [0.1, 0.15) is 5.15 Å². The summed E-state index contributed by atoms with van der Waals surface area (Å²) in [4.78, 5) is 3.73. The van der Waals surface area contributed by atoms with E-state index in [-0.39, 0.29) is 16.6 Å². The van der Waals surface area contributed by atoms with E-state index >= 15 is 0 Å². The zero-order chi connectivity index (χ0) is 10.7. The van der Waals surface area contributed by atoms with E-state index in [0.717, 1.165) is 0 Å². The highest BCUT2D eigenvalue weighted by molar-refractivity contribution is 6.43. The number of rotatable bonds is 3. The van der Waals surface area contributed by atoms with Gasteiger partial charge in [-0.25, -0.2) is 4.98 Å². The Labute approximate surface area is 96.2 Å². The van der Waals surface area contributed by atoms with Crippen molar-refractivity contribution in [2.24, 2.45) is 5.73 Å². The highest BCUT2D eigenvalue weighted by atomic mass is 35.5. The molecule has 1 aromatic rings. The molecular weight excluding hydrogens is 249 g/mol. The molecule has 2 nitrogen and oxygen atoms in total. The minimum atomic E-state index is -0.555. The molecule has 2 N–H and O–H groups in total. The molecule has 1 rings (SSSR count). The molecule has 0 aliphatic heterocycles. The van der Waals surface area contributed by atoms with Crippen LogP contribution in [-0.2, 0) is 0 Å². The van der Waals surface area contributed by atoms with Gasteiger partial charge in [0.15, 0.2) is 0 Å². The van der Waals surface area contributed by atoms with Crippen molar-refractivity contribution in [2.45, 2.75) is 12.5 Å². The summed E-state index contributed by atoms with van der Waals surface area (Å²) in [6.45, 7) is -0.534. The van der Waals surface area contributed by atoms with Gasteiger partial charge in [-0.15, -0.1) is 0 Å². The summed E-state index contributed by atoms with van der Waals surface area (Å²) >= 11 is 17.4. The van der Waals surface area contributed by atoms with Gasteiger partial charge in [-0.05, 0) is 6.42 Å².